The molecule has 136 valence electrons. The molecule has 0 amide bonds. The second-order valence-corrected chi connectivity index (χ2v) is 6.97. The quantitative estimate of drug-likeness (QED) is 0.552. The normalized spacial score (nSPS) is 11.1. The molecule has 0 unspecified atom stereocenters. The van der Waals surface area contributed by atoms with Crippen LogP contribution in [0.2, 0.25) is 10.0 Å². The van der Waals surface area contributed by atoms with E-state index in [0.29, 0.717) is 27.9 Å². The molecule has 0 spiro atoms. The third-order valence-corrected chi connectivity index (χ3v) is 4.13. The van der Waals surface area contributed by atoms with Crippen LogP contribution in [-0.4, -0.2) is 26.8 Å². The lowest BCUT2D eigenvalue weighted by Gasteiger charge is -2.06. The van der Waals surface area contributed by atoms with Gasteiger partial charge in [-0.2, -0.15) is 9.67 Å². The van der Waals surface area contributed by atoms with Crippen molar-refractivity contribution in [3.8, 4) is 17.4 Å². The van der Waals surface area contributed by atoms with Crippen LogP contribution >= 0.6 is 23.2 Å². The van der Waals surface area contributed by atoms with Crippen LogP contribution in [-0.2, 0) is 0 Å². The first-order chi connectivity index (χ1) is 11.9. The van der Waals surface area contributed by atoms with Crippen molar-refractivity contribution >= 4 is 29.1 Å². The maximum absolute atomic E-state index is 12.6. The lowest BCUT2D eigenvalue weighted by Crippen LogP contribution is -2.14. The summed E-state index contributed by atoms with van der Waals surface area (Å²) in [6, 6.07) is 5.22. The Kier molecular flexibility index (Phi) is 7.26. The van der Waals surface area contributed by atoms with Gasteiger partial charge in [-0.05, 0) is 38.5 Å². The van der Waals surface area contributed by atoms with E-state index in [4.69, 9.17) is 27.9 Å². The van der Waals surface area contributed by atoms with Crippen molar-refractivity contribution in [1.82, 2.24) is 14.8 Å². The van der Waals surface area contributed by atoms with Gasteiger partial charge < -0.3 is 4.74 Å². The number of benzene rings is 1. The van der Waals surface area contributed by atoms with E-state index in [1.807, 2.05) is 13.8 Å². The molecule has 0 saturated carbocycles. The van der Waals surface area contributed by atoms with E-state index in [0.717, 1.165) is 25.7 Å². The number of aromatic nitrogens is 3. The Balaban J connectivity index is 2.32. The summed E-state index contributed by atoms with van der Waals surface area (Å²) in [5.74, 6) is 0.251. The maximum atomic E-state index is 12.6. The van der Waals surface area contributed by atoms with Crippen molar-refractivity contribution < 1.29 is 9.53 Å². The van der Waals surface area contributed by atoms with Crippen molar-refractivity contribution in [3.05, 3.63) is 28.2 Å². The number of hydrogen-bond donors (Lipinski definition) is 0. The predicted molar refractivity (Wildman–Crippen MR) is 101 cm³/mol. The van der Waals surface area contributed by atoms with Crippen molar-refractivity contribution in [2.45, 2.75) is 59.0 Å². The Morgan fingerprint density at radius 3 is 2.64 bits per heavy atom. The molecule has 1 aromatic carbocycles. The molecule has 0 aliphatic carbocycles. The van der Waals surface area contributed by atoms with Gasteiger partial charge in [-0.25, -0.2) is 0 Å². The van der Waals surface area contributed by atoms with Gasteiger partial charge in [0.2, 0.25) is 5.91 Å². The van der Waals surface area contributed by atoms with Gasteiger partial charge in [-0.1, -0.05) is 49.4 Å². The lowest BCUT2D eigenvalue weighted by atomic mass is 10.1. The Labute approximate surface area is 158 Å². The van der Waals surface area contributed by atoms with Crippen molar-refractivity contribution in [2.75, 3.05) is 0 Å². The minimum atomic E-state index is -0.122. The first-order valence-corrected chi connectivity index (χ1v) is 9.30. The van der Waals surface area contributed by atoms with Crippen LogP contribution in [0.5, 0.6) is 6.01 Å². The Morgan fingerprint density at radius 1 is 1.24 bits per heavy atom. The Morgan fingerprint density at radius 2 is 2.00 bits per heavy atom. The molecular formula is C18H23Cl2N3O2. The van der Waals surface area contributed by atoms with Crippen LogP contribution < -0.4 is 4.74 Å². The minimum Gasteiger partial charge on any atom is -0.460 e. The van der Waals surface area contributed by atoms with Crippen LogP contribution in [0.4, 0.5) is 0 Å². The largest absolute Gasteiger partial charge is 0.460 e. The highest BCUT2D eigenvalue weighted by molar-refractivity contribution is 6.36. The van der Waals surface area contributed by atoms with Gasteiger partial charge in [0.05, 0.1) is 11.1 Å². The zero-order valence-corrected chi connectivity index (χ0v) is 16.3. The Bertz CT molecular complexity index is 729. The molecular weight excluding hydrogens is 361 g/mol. The van der Waals surface area contributed by atoms with E-state index in [-0.39, 0.29) is 18.0 Å². The van der Waals surface area contributed by atoms with Crippen LogP contribution in [0.25, 0.3) is 11.4 Å². The highest BCUT2D eigenvalue weighted by Gasteiger charge is 2.20. The molecule has 2 aromatic rings. The fraction of sp³-hybridized carbons (Fsp3) is 0.500. The Hall–Kier alpha value is -1.59. The molecule has 0 atom stereocenters. The van der Waals surface area contributed by atoms with Crippen molar-refractivity contribution in [1.29, 1.82) is 0 Å². The molecule has 0 radical (unpaired) electrons. The van der Waals surface area contributed by atoms with Crippen LogP contribution in [0.15, 0.2) is 18.2 Å². The second kappa shape index (κ2) is 9.20. The molecule has 0 fully saturated rings. The standard InChI is InChI=1S/C18H23Cl2N3O2/c1-4-5-6-7-8-16(24)23-17(21-18(22-23)25-12(2)3)14-10-9-13(19)11-15(14)20/h9-12H,4-8H2,1-3H3. The predicted octanol–water partition coefficient (Wildman–Crippen LogP) is 5.65. The molecule has 25 heavy (non-hydrogen) atoms. The van der Waals surface area contributed by atoms with Gasteiger partial charge in [0.1, 0.15) is 0 Å². The molecule has 2 rings (SSSR count). The van der Waals surface area contributed by atoms with E-state index in [1.165, 1.54) is 4.68 Å². The monoisotopic (exact) mass is 383 g/mol. The molecule has 0 N–H and O–H groups in total. The fourth-order valence-electron chi connectivity index (χ4n) is 2.38. The van der Waals surface area contributed by atoms with Gasteiger partial charge in [-0.3, -0.25) is 4.79 Å². The zero-order chi connectivity index (χ0) is 18.4. The molecule has 1 heterocycles. The molecule has 5 nitrogen and oxygen atoms in total. The number of ether oxygens (including phenoxy) is 1. The van der Waals surface area contributed by atoms with E-state index in [2.05, 4.69) is 17.0 Å². The average molecular weight is 384 g/mol. The smallest absolute Gasteiger partial charge is 0.336 e. The molecule has 1 aromatic heterocycles. The maximum Gasteiger partial charge on any atom is 0.336 e. The minimum absolute atomic E-state index is 0.0935. The highest BCUT2D eigenvalue weighted by atomic mass is 35.5. The SMILES string of the molecule is CCCCCCC(=O)n1nc(OC(C)C)nc1-c1ccc(Cl)cc1Cl. The summed E-state index contributed by atoms with van der Waals surface area (Å²) in [5.41, 5.74) is 0.596. The van der Waals surface area contributed by atoms with E-state index < -0.39 is 0 Å². The second-order valence-electron chi connectivity index (χ2n) is 6.12. The van der Waals surface area contributed by atoms with Crippen LogP contribution in [0.3, 0.4) is 0 Å². The van der Waals surface area contributed by atoms with Gasteiger partial charge in [-0.15, -0.1) is 5.10 Å². The van der Waals surface area contributed by atoms with Crippen molar-refractivity contribution in [2.24, 2.45) is 0 Å². The van der Waals surface area contributed by atoms with E-state index in [1.54, 1.807) is 18.2 Å². The number of halogens is 2. The summed E-state index contributed by atoms with van der Waals surface area (Å²) in [4.78, 5) is 17.0. The number of unbranched alkanes of at least 4 members (excludes halogenated alkanes) is 3. The van der Waals surface area contributed by atoms with Gasteiger partial charge >= 0.3 is 6.01 Å². The number of hydrogen-bond acceptors (Lipinski definition) is 4. The van der Waals surface area contributed by atoms with Gasteiger partial charge in [0.15, 0.2) is 5.82 Å². The zero-order valence-electron chi connectivity index (χ0n) is 14.8. The molecule has 0 aliphatic heterocycles. The first-order valence-electron chi connectivity index (χ1n) is 8.54. The fourth-order valence-corrected chi connectivity index (χ4v) is 2.87. The average Bonchev–Trinajstić information content (AvgIpc) is 2.94. The third kappa shape index (κ3) is 5.44. The highest BCUT2D eigenvalue weighted by Crippen LogP contribution is 2.30. The lowest BCUT2D eigenvalue weighted by molar-refractivity contribution is 0.0881. The number of carbonyl (C=O) groups is 1. The molecule has 0 aliphatic rings. The first kappa shape index (κ1) is 19.7. The number of carbonyl (C=O) groups excluding carboxylic acids is 1. The topological polar surface area (TPSA) is 57.0 Å². The number of nitrogens with zero attached hydrogens (tertiary/aromatic N) is 3. The summed E-state index contributed by atoms with van der Waals surface area (Å²) in [6.45, 7) is 5.89. The number of rotatable bonds is 8. The molecule has 0 bridgehead atoms. The van der Waals surface area contributed by atoms with E-state index >= 15 is 0 Å². The van der Waals surface area contributed by atoms with Crippen LogP contribution in [0, 0.1) is 0 Å². The third-order valence-electron chi connectivity index (χ3n) is 3.58. The molecule has 0 saturated heterocycles. The summed E-state index contributed by atoms with van der Waals surface area (Å²) < 4.78 is 6.84. The summed E-state index contributed by atoms with van der Waals surface area (Å²) in [5, 5.41) is 5.16. The summed E-state index contributed by atoms with van der Waals surface area (Å²) in [6.07, 6.45) is 4.38. The molecule has 7 heteroatoms. The van der Waals surface area contributed by atoms with Crippen molar-refractivity contribution in [3.63, 3.8) is 0 Å². The van der Waals surface area contributed by atoms with Gasteiger partial charge in [0, 0.05) is 17.0 Å². The van der Waals surface area contributed by atoms with Crippen LogP contribution in [0.1, 0.15) is 57.7 Å². The van der Waals surface area contributed by atoms with E-state index in [9.17, 15) is 4.79 Å². The summed E-state index contributed by atoms with van der Waals surface area (Å²) >= 11 is 12.2. The summed E-state index contributed by atoms with van der Waals surface area (Å²) in [7, 11) is 0. The van der Waals surface area contributed by atoms with Gasteiger partial charge in [0.25, 0.3) is 0 Å².